The molecule has 5 heteroatoms. The van der Waals surface area contributed by atoms with Crippen LogP contribution in [0.1, 0.15) is 25.8 Å². The van der Waals surface area contributed by atoms with Crippen LogP contribution in [0.4, 0.5) is 5.95 Å². The van der Waals surface area contributed by atoms with E-state index in [0.29, 0.717) is 19.3 Å². The van der Waals surface area contributed by atoms with Gasteiger partial charge in [-0.3, -0.25) is 0 Å². The van der Waals surface area contributed by atoms with Gasteiger partial charge in [-0.25, -0.2) is 4.98 Å². The molecule has 0 fully saturated rings. The van der Waals surface area contributed by atoms with Gasteiger partial charge in [-0.2, -0.15) is 0 Å². The SMILES string of the molecule is CCCC(COC)n1ccnc1NCCOC. The number of imidazole rings is 1. The van der Waals surface area contributed by atoms with Crippen molar-refractivity contribution in [2.75, 3.05) is 39.3 Å². The van der Waals surface area contributed by atoms with E-state index < -0.39 is 0 Å². The van der Waals surface area contributed by atoms with Crippen molar-refractivity contribution in [3.63, 3.8) is 0 Å². The smallest absolute Gasteiger partial charge is 0.203 e. The van der Waals surface area contributed by atoms with Crippen molar-refractivity contribution in [3.8, 4) is 0 Å². The van der Waals surface area contributed by atoms with Crippen LogP contribution in [0.5, 0.6) is 0 Å². The summed E-state index contributed by atoms with van der Waals surface area (Å²) < 4.78 is 12.4. The van der Waals surface area contributed by atoms with Gasteiger partial charge < -0.3 is 19.4 Å². The first kappa shape index (κ1) is 14.0. The van der Waals surface area contributed by atoms with E-state index in [-0.39, 0.29) is 0 Å². The molecule has 0 radical (unpaired) electrons. The predicted octanol–water partition coefficient (Wildman–Crippen LogP) is 1.93. The number of aromatic nitrogens is 2. The van der Waals surface area contributed by atoms with E-state index in [2.05, 4.69) is 21.8 Å². The average Bonchev–Trinajstić information content (AvgIpc) is 2.77. The van der Waals surface area contributed by atoms with E-state index in [9.17, 15) is 0 Å². The van der Waals surface area contributed by atoms with Crippen LogP contribution in [-0.4, -0.2) is 43.5 Å². The fourth-order valence-electron chi connectivity index (χ4n) is 1.84. The summed E-state index contributed by atoms with van der Waals surface area (Å²) in [7, 11) is 3.43. The van der Waals surface area contributed by atoms with Gasteiger partial charge in [0.15, 0.2) is 0 Å². The third-order valence-corrected chi connectivity index (χ3v) is 2.63. The number of nitrogens with one attached hydrogen (secondary N) is 1. The summed E-state index contributed by atoms with van der Waals surface area (Å²) in [4.78, 5) is 4.31. The maximum atomic E-state index is 5.26. The summed E-state index contributed by atoms with van der Waals surface area (Å²) >= 11 is 0. The lowest BCUT2D eigenvalue weighted by molar-refractivity contribution is 0.151. The maximum Gasteiger partial charge on any atom is 0.203 e. The molecule has 5 nitrogen and oxygen atoms in total. The highest BCUT2D eigenvalue weighted by Gasteiger charge is 2.13. The fourth-order valence-corrected chi connectivity index (χ4v) is 1.84. The quantitative estimate of drug-likeness (QED) is 0.671. The lowest BCUT2D eigenvalue weighted by atomic mass is 10.2. The van der Waals surface area contributed by atoms with Crippen LogP contribution in [0, 0.1) is 0 Å². The molecule has 1 N–H and O–H groups in total. The second-order valence-corrected chi connectivity index (χ2v) is 3.98. The molecule has 1 aromatic rings. The van der Waals surface area contributed by atoms with E-state index >= 15 is 0 Å². The standard InChI is InChI=1S/C12H23N3O2/c1-4-5-11(10-17-3)15-8-6-13-12(15)14-7-9-16-2/h6,8,11H,4-5,7,9-10H2,1-3H3,(H,13,14). The molecule has 0 amide bonds. The summed E-state index contributed by atoms with van der Waals surface area (Å²) in [6.07, 6.45) is 6.02. The van der Waals surface area contributed by atoms with Gasteiger partial charge in [-0.15, -0.1) is 0 Å². The molecule has 1 rings (SSSR count). The highest BCUT2D eigenvalue weighted by atomic mass is 16.5. The number of methoxy groups -OCH3 is 2. The van der Waals surface area contributed by atoms with Crippen molar-refractivity contribution < 1.29 is 9.47 Å². The summed E-state index contributed by atoms with van der Waals surface area (Å²) in [6.45, 7) is 4.33. The van der Waals surface area contributed by atoms with Crippen LogP contribution in [0.25, 0.3) is 0 Å². The number of hydrogen-bond acceptors (Lipinski definition) is 4. The Bertz CT molecular complexity index is 296. The maximum absolute atomic E-state index is 5.26. The summed E-state index contributed by atoms with van der Waals surface area (Å²) in [5.74, 6) is 0.887. The third kappa shape index (κ3) is 4.36. The Labute approximate surface area is 103 Å². The monoisotopic (exact) mass is 241 g/mol. The molecule has 0 saturated carbocycles. The first-order chi connectivity index (χ1) is 8.33. The van der Waals surface area contributed by atoms with Crippen LogP contribution in [0.2, 0.25) is 0 Å². The van der Waals surface area contributed by atoms with Crippen LogP contribution in [0.15, 0.2) is 12.4 Å². The molecule has 1 unspecified atom stereocenters. The molecule has 0 spiro atoms. The van der Waals surface area contributed by atoms with Crippen molar-refractivity contribution >= 4 is 5.95 Å². The number of ether oxygens (including phenoxy) is 2. The Morgan fingerprint density at radius 2 is 2.24 bits per heavy atom. The van der Waals surface area contributed by atoms with Crippen LogP contribution in [0.3, 0.4) is 0 Å². The van der Waals surface area contributed by atoms with Crippen LogP contribution < -0.4 is 5.32 Å². The lowest BCUT2D eigenvalue weighted by Crippen LogP contribution is -2.18. The van der Waals surface area contributed by atoms with Crippen molar-refractivity contribution in [3.05, 3.63) is 12.4 Å². The number of hydrogen-bond donors (Lipinski definition) is 1. The highest BCUT2D eigenvalue weighted by Crippen LogP contribution is 2.19. The van der Waals surface area contributed by atoms with E-state index in [1.54, 1.807) is 14.2 Å². The Morgan fingerprint density at radius 3 is 2.88 bits per heavy atom. The van der Waals surface area contributed by atoms with Gasteiger partial charge in [0.1, 0.15) is 0 Å². The minimum Gasteiger partial charge on any atom is -0.383 e. The summed E-state index contributed by atoms with van der Waals surface area (Å²) in [6, 6.07) is 0.345. The van der Waals surface area contributed by atoms with Gasteiger partial charge in [0.2, 0.25) is 5.95 Å². The molecule has 0 aliphatic rings. The Balaban J connectivity index is 2.63. The highest BCUT2D eigenvalue weighted by molar-refractivity contribution is 5.26. The van der Waals surface area contributed by atoms with Crippen LogP contribution in [-0.2, 0) is 9.47 Å². The molecule has 1 aromatic heterocycles. The lowest BCUT2D eigenvalue weighted by Gasteiger charge is -2.19. The molecular formula is C12H23N3O2. The minimum atomic E-state index is 0.345. The first-order valence-electron chi connectivity index (χ1n) is 6.08. The molecule has 17 heavy (non-hydrogen) atoms. The van der Waals surface area contributed by atoms with E-state index in [0.717, 1.165) is 25.3 Å². The average molecular weight is 241 g/mol. The van der Waals surface area contributed by atoms with Gasteiger partial charge in [0, 0.05) is 33.2 Å². The van der Waals surface area contributed by atoms with Crippen molar-refractivity contribution in [1.29, 1.82) is 0 Å². The van der Waals surface area contributed by atoms with E-state index in [1.165, 1.54) is 0 Å². The summed E-state index contributed by atoms with van der Waals surface area (Å²) in [5, 5.41) is 3.26. The molecular weight excluding hydrogens is 218 g/mol. The van der Waals surface area contributed by atoms with Gasteiger partial charge >= 0.3 is 0 Å². The largest absolute Gasteiger partial charge is 0.383 e. The molecule has 0 aromatic carbocycles. The molecule has 1 atom stereocenters. The zero-order chi connectivity index (χ0) is 12.5. The molecule has 0 bridgehead atoms. The fraction of sp³-hybridized carbons (Fsp3) is 0.750. The third-order valence-electron chi connectivity index (χ3n) is 2.63. The zero-order valence-corrected chi connectivity index (χ0v) is 11.0. The zero-order valence-electron chi connectivity index (χ0n) is 11.0. The number of nitrogens with zero attached hydrogens (tertiary/aromatic N) is 2. The van der Waals surface area contributed by atoms with Crippen molar-refractivity contribution in [2.45, 2.75) is 25.8 Å². The Morgan fingerprint density at radius 1 is 1.41 bits per heavy atom. The second-order valence-electron chi connectivity index (χ2n) is 3.98. The Kier molecular flexibility index (Phi) is 6.65. The minimum absolute atomic E-state index is 0.345. The molecule has 0 saturated heterocycles. The van der Waals surface area contributed by atoms with Crippen LogP contribution >= 0.6 is 0 Å². The molecule has 0 aliphatic heterocycles. The van der Waals surface area contributed by atoms with Gasteiger partial charge in [-0.05, 0) is 6.42 Å². The summed E-state index contributed by atoms with van der Waals surface area (Å²) in [5.41, 5.74) is 0. The number of anilines is 1. The van der Waals surface area contributed by atoms with Crippen molar-refractivity contribution in [2.24, 2.45) is 0 Å². The first-order valence-corrected chi connectivity index (χ1v) is 6.08. The van der Waals surface area contributed by atoms with E-state index in [1.807, 2.05) is 12.4 Å². The van der Waals surface area contributed by atoms with E-state index in [4.69, 9.17) is 9.47 Å². The van der Waals surface area contributed by atoms with Crippen molar-refractivity contribution in [1.82, 2.24) is 9.55 Å². The molecule has 0 aliphatic carbocycles. The Hall–Kier alpha value is -1.07. The predicted molar refractivity (Wildman–Crippen MR) is 68.4 cm³/mol. The molecule has 1 heterocycles. The number of rotatable bonds is 9. The topological polar surface area (TPSA) is 48.3 Å². The van der Waals surface area contributed by atoms with Gasteiger partial charge in [-0.1, -0.05) is 13.3 Å². The molecule has 98 valence electrons. The van der Waals surface area contributed by atoms with Gasteiger partial charge in [0.05, 0.1) is 19.3 Å². The normalized spacial score (nSPS) is 12.6. The van der Waals surface area contributed by atoms with Gasteiger partial charge in [0.25, 0.3) is 0 Å². The second kappa shape index (κ2) is 8.08.